The van der Waals surface area contributed by atoms with Crippen molar-refractivity contribution < 1.29 is 14.3 Å². The lowest BCUT2D eigenvalue weighted by Gasteiger charge is -2.18. The number of nitrogens with one attached hydrogen (secondary N) is 4. The van der Waals surface area contributed by atoms with Crippen LogP contribution in [0.2, 0.25) is 0 Å². The van der Waals surface area contributed by atoms with Crippen LogP contribution in [0.3, 0.4) is 0 Å². The molecule has 9 heteroatoms. The Morgan fingerprint density at radius 3 is 2.74 bits per heavy atom. The second-order valence-corrected chi connectivity index (χ2v) is 8.24. The van der Waals surface area contributed by atoms with Gasteiger partial charge >= 0.3 is 0 Å². The molecule has 5 rings (SSSR count). The van der Waals surface area contributed by atoms with E-state index in [9.17, 15) is 14.4 Å². The van der Waals surface area contributed by atoms with Crippen LogP contribution in [0.15, 0.2) is 71.5 Å². The van der Waals surface area contributed by atoms with Crippen LogP contribution in [0.25, 0.3) is 10.9 Å². The number of rotatable bonds is 6. The molecule has 1 atom stereocenters. The maximum absolute atomic E-state index is 12.9. The molecule has 1 aromatic heterocycles. The molecule has 0 saturated carbocycles. The van der Waals surface area contributed by atoms with E-state index in [-0.39, 0.29) is 30.9 Å². The molecule has 1 aliphatic heterocycles. The number of carbonyl (C=O) groups is 2. The molecule has 4 N–H and O–H groups in total. The van der Waals surface area contributed by atoms with Crippen LogP contribution in [-0.2, 0) is 11.3 Å². The first-order valence-electron chi connectivity index (χ1n) is 11.2. The van der Waals surface area contributed by atoms with Crippen LogP contribution >= 0.6 is 0 Å². The molecule has 4 aromatic rings. The molecule has 2 amide bonds. The highest BCUT2D eigenvalue weighted by atomic mass is 16.5. The summed E-state index contributed by atoms with van der Waals surface area (Å²) in [5.74, 6) is -0.252. The Morgan fingerprint density at radius 2 is 1.91 bits per heavy atom. The van der Waals surface area contributed by atoms with Crippen LogP contribution in [0.5, 0.6) is 5.75 Å². The van der Waals surface area contributed by atoms with Crippen molar-refractivity contribution in [3.8, 4) is 5.75 Å². The Kier molecular flexibility index (Phi) is 5.88. The number of H-pyrrole nitrogens is 1. The number of nitrogens with zero attached hydrogens (tertiary/aromatic N) is 1. The van der Waals surface area contributed by atoms with Crippen molar-refractivity contribution in [3.05, 3.63) is 94.0 Å². The van der Waals surface area contributed by atoms with E-state index in [0.29, 0.717) is 28.0 Å². The lowest BCUT2D eigenvalue weighted by molar-refractivity contribution is -0.118. The van der Waals surface area contributed by atoms with E-state index in [4.69, 9.17) is 4.74 Å². The third-order valence-corrected chi connectivity index (χ3v) is 5.75. The largest absolute Gasteiger partial charge is 0.482 e. The summed E-state index contributed by atoms with van der Waals surface area (Å²) in [6.07, 6.45) is 0. The van der Waals surface area contributed by atoms with Crippen molar-refractivity contribution in [3.63, 3.8) is 0 Å². The van der Waals surface area contributed by atoms with E-state index in [1.54, 1.807) is 30.3 Å². The number of ether oxygens (including phenoxy) is 1. The van der Waals surface area contributed by atoms with Crippen LogP contribution < -0.4 is 26.2 Å². The smallest absolute Gasteiger partial charge is 0.287 e. The van der Waals surface area contributed by atoms with Gasteiger partial charge in [-0.15, -0.1) is 0 Å². The number of aromatic nitrogens is 2. The van der Waals surface area contributed by atoms with Gasteiger partial charge in [-0.3, -0.25) is 14.4 Å². The van der Waals surface area contributed by atoms with Crippen LogP contribution in [0, 0.1) is 0 Å². The third-order valence-electron chi connectivity index (χ3n) is 5.75. The first-order chi connectivity index (χ1) is 17.0. The minimum Gasteiger partial charge on any atom is -0.482 e. The number of anilines is 2. The van der Waals surface area contributed by atoms with Gasteiger partial charge in [-0.2, -0.15) is 0 Å². The van der Waals surface area contributed by atoms with Gasteiger partial charge in [-0.1, -0.05) is 42.5 Å². The SMILES string of the molecule is C[C@H](Nc1cccc2nc(C(=O)NCc3ccc4c(c3)NC(=O)CO4)[nH]c(=O)c12)c1ccccc1. The molecule has 35 heavy (non-hydrogen) atoms. The number of amides is 2. The van der Waals surface area contributed by atoms with E-state index in [2.05, 4.69) is 25.9 Å². The first kappa shape index (κ1) is 22.1. The molecule has 176 valence electrons. The molecule has 0 fully saturated rings. The second kappa shape index (κ2) is 9.30. The van der Waals surface area contributed by atoms with Crippen molar-refractivity contribution in [2.45, 2.75) is 19.5 Å². The van der Waals surface area contributed by atoms with Crippen molar-refractivity contribution in [2.75, 3.05) is 17.2 Å². The predicted molar refractivity (Wildman–Crippen MR) is 133 cm³/mol. The second-order valence-electron chi connectivity index (χ2n) is 8.24. The Hall–Kier alpha value is -4.66. The molecule has 0 saturated heterocycles. The summed E-state index contributed by atoms with van der Waals surface area (Å²) < 4.78 is 5.34. The zero-order valence-corrected chi connectivity index (χ0v) is 18.9. The van der Waals surface area contributed by atoms with Gasteiger partial charge in [0, 0.05) is 18.3 Å². The van der Waals surface area contributed by atoms with E-state index in [1.165, 1.54) is 0 Å². The van der Waals surface area contributed by atoms with Crippen LogP contribution in [-0.4, -0.2) is 28.4 Å². The van der Waals surface area contributed by atoms with E-state index in [0.717, 1.165) is 11.1 Å². The van der Waals surface area contributed by atoms with Gasteiger partial charge < -0.3 is 25.7 Å². The maximum Gasteiger partial charge on any atom is 0.287 e. The summed E-state index contributed by atoms with van der Waals surface area (Å²) in [7, 11) is 0. The maximum atomic E-state index is 12.9. The zero-order chi connectivity index (χ0) is 24.4. The van der Waals surface area contributed by atoms with Crippen molar-refractivity contribution >= 4 is 34.1 Å². The van der Waals surface area contributed by atoms with Crippen molar-refractivity contribution in [1.29, 1.82) is 0 Å². The Labute approximate surface area is 200 Å². The molecule has 3 aromatic carbocycles. The fraction of sp³-hybridized carbons (Fsp3) is 0.154. The minimum atomic E-state index is -0.516. The summed E-state index contributed by atoms with van der Waals surface area (Å²) in [5.41, 5.74) is 3.04. The Bertz CT molecular complexity index is 1480. The van der Waals surface area contributed by atoms with Crippen LogP contribution in [0.4, 0.5) is 11.4 Å². The highest BCUT2D eigenvalue weighted by Gasteiger charge is 2.18. The molecule has 9 nitrogen and oxygen atoms in total. The highest BCUT2D eigenvalue weighted by molar-refractivity contribution is 5.96. The monoisotopic (exact) mass is 469 g/mol. The molecule has 0 spiro atoms. The van der Waals surface area contributed by atoms with E-state index >= 15 is 0 Å². The summed E-state index contributed by atoms with van der Waals surface area (Å²) in [4.78, 5) is 44.2. The topological polar surface area (TPSA) is 125 Å². The number of hydrogen-bond donors (Lipinski definition) is 4. The highest BCUT2D eigenvalue weighted by Crippen LogP contribution is 2.28. The number of benzene rings is 3. The molecule has 1 aliphatic rings. The normalized spacial score (nSPS) is 13.3. The lowest BCUT2D eigenvalue weighted by Crippen LogP contribution is -2.28. The van der Waals surface area contributed by atoms with Gasteiger partial charge in [0.2, 0.25) is 0 Å². The first-order valence-corrected chi connectivity index (χ1v) is 11.2. The molecule has 0 unspecified atom stereocenters. The van der Waals surface area contributed by atoms with E-state index in [1.807, 2.05) is 43.3 Å². The average molecular weight is 470 g/mol. The van der Waals surface area contributed by atoms with E-state index < -0.39 is 11.5 Å². The minimum absolute atomic E-state index is 0.0213. The summed E-state index contributed by atoms with van der Waals surface area (Å²) in [6, 6.07) is 20.4. The van der Waals surface area contributed by atoms with Gasteiger partial charge in [0.1, 0.15) is 5.75 Å². The van der Waals surface area contributed by atoms with Gasteiger partial charge in [0.25, 0.3) is 17.4 Å². The molecule has 0 aliphatic carbocycles. The van der Waals surface area contributed by atoms with Gasteiger partial charge in [-0.25, -0.2) is 4.98 Å². The molecular formula is C26H23N5O4. The van der Waals surface area contributed by atoms with Crippen molar-refractivity contribution in [2.24, 2.45) is 0 Å². The van der Waals surface area contributed by atoms with Gasteiger partial charge in [0.15, 0.2) is 12.4 Å². The molecule has 0 radical (unpaired) electrons. The fourth-order valence-electron chi connectivity index (χ4n) is 3.98. The number of carbonyl (C=O) groups excluding carboxylic acids is 2. The Morgan fingerprint density at radius 1 is 1.09 bits per heavy atom. The lowest BCUT2D eigenvalue weighted by atomic mass is 10.1. The summed E-state index contributed by atoms with van der Waals surface area (Å²) >= 11 is 0. The number of aromatic amines is 1. The quantitative estimate of drug-likeness (QED) is 0.343. The summed E-state index contributed by atoms with van der Waals surface area (Å²) in [5, 5.41) is 9.24. The number of hydrogen-bond acceptors (Lipinski definition) is 6. The summed E-state index contributed by atoms with van der Waals surface area (Å²) in [6.45, 7) is 2.17. The van der Waals surface area contributed by atoms with Crippen molar-refractivity contribution in [1.82, 2.24) is 15.3 Å². The van der Waals surface area contributed by atoms with Crippen LogP contribution in [0.1, 0.15) is 34.7 Å². The van der Waals surface area contributed by atoms with Gasteiger partial charge in [-0.05, 0) is 42.3 Å². The van der Waals surface area contributed by atoms with Gasteiger partial charge in [0.05, 0.1) is 16.6 Å². The Balaban J connectivity index is 1.34. The fourth-order valence-corrected chi connectivity index (χ4v) is 3.98. The molecule has 2 heterocycles. The average Bonchev–Trinajstić information content (AvgIpc) is 2.87. The molecular weight excluding hydrogens is 446 g/mol. The predicted octanol–water partition coefficient (Wildman–Crippen LogP) is 3.36. The standard InChI is InChI=1S/C26H23N5O4/c1-15(17-6-3-2-4-7-17)28-18-8-5-9-19-23(18)25(33)31-24(30-19)26(34)27-13-16-10-11-21-20(12-16)29-22(32)14-35-21/h2-12,15,28H,13-14H2,1H3,(H,27,34)(H,29,32)(H,30,31,33)/t15-/m0/s1. The third kappa shape index (κ3) is 4.70. The number of fused-ring (bicyclic) bond motifs is 2. The zero-order valence-electron chi connectivity index (χ0n) is 18.9. The molecule has 0 bridgehead atoms.